The molecule has 1 heterocycles. The fourth-order valence-corrected chi connectivity index (χ4v) is 2.61. The van der Waals surface area contributed by atoms with Crippen LogP contribution in [0.2, 0.25) is 0 Å². The van der Waals surface area contributed by atoms with Gasteiger partial charge in [0.25, 0.3) is 0 Å². The first-order valence-corrected chi connectivity index (χ1v) is 6.72. The molecule has 0 radical (unpaired) electrons. The Morgan fingerprint density at radius 2 is 2.11 bits per heavy atom. The van der Waals surface area contributed by atoms with Gasteiger partial charge in [0.1, 0.15) is 5.82 Å². The van der Waals surface area contributed by atoms with Gasteiger partial charge in [0.15, 0.2) is 0 Å². The molecule has 1 saturated heterocycles. The Morgan fingerprint density at radius 1 is 1.42 bits per heavy atom. The molecule has 1 aromatic rings. The Balaban J connectivity index is 2.07. The maximum atomic E-state index is 13.7. The zero-order valence-electron chi connectivity index (χ0n) is 11.3. The van der Waals surface area contributed by atoms with Gasteiger partial charge >= 0.3 is 0 Å². The second-order valence-electron chi connectivity index (χ2n) is 5.32. The fourth-order valence-electron chi connectivity index (χ4n) is 2.61. The van der Waals surface area contributed by atoms with Crippen LogP contribution in [-0.4, -0.2) is 35.1 Å². The third-order valence-corrected chi connectivity index (χ3v) is 3.96. The molecule has 0 aromatic heterocycles. The van der Waals surface area contributed by atoms with Crippen molar-refractivity contribution in [1.29, 1.82) is 0 Å². The summed E-state index contributed by atoms with van der Waals surface area (Å²) in [4.78, 5) is 14.1. The highest BCUT2D eigenvalue weighted by molar-refractivity contribution is 5.83. The molecule has 3 atom stereocenters. The van der Waals surface area contributed by atoms with Crippen molar-refractivity contribution in [1.82, 2.24) is 4.90 Å². The van der Waals surface area contributed by atoms with Crippen LogP contribution in [0, 0.1) is 11.7 Å². The number of benzene rings is 1. The lowest BCUT2D eigenvalue weighted by Crippen LogP contribution is -2.33. The SMILES string of the molecule is CC(C(=O)N1CCC(C(C)O)C1)c1ccccc1F. The summed E-state index contributed by atoms with van der Waals surface area (Å²) in [7, 11) is 0. The molecule has 2 rings (SSSR count). The molecule has 104 valence electrons. The van der Waals surface area contributed by atoms with E-state index in [2.05, 4.69) is 0 Å². The van der Waals surface area contributed by atoms with E-state index < -0.39 is 12.0 Å². The van der Waals surface area contributed by atoms with E-state index in [-0.39, 0.29) is 17.6 Å². The number of nitrogens with zero attached hydrogens (tertiary/aromatic N) is 1. The van der Waals surface area contributed by atoms with Crippen LogP contribution in [-0.2, 0) is 4.79 Å². The van der Waals surface area contributed by atoms with E-state index in [1.807, 2.05) is 0 Å². The lowest BCUT2D eigenvalue weighted by atomic mass is 9.99. The van der Waals surface area contributed by atoms with Gasteiger partial charge in [-0.2, -0.15) is 0 Å². The average molecular weight is 265 g/mol. The average Bonchev–Trinajstić information content (AvgIpc) is 2.87. The summed E-state index contributed by atoms with van der Waals surface area (Å²) in [5.41, 5.74) is 0.438. The number of halogens is 1. The topological polar surface area (TPSA) is 40.5 Å². The molecule has 19 heavy (non-hydrogen) atoms. The summed E-state index contributed by atoms with van der Waals surface area (Å²) in [6.45, 7) is 4.69. The number of carbonyl (C=O) groups is 1. The predicted molar refractivity (Wildman–Crippen MR) is 71.2 cm³/mol. The monoisotopic (exact) mass is 265 g/mol. The van der Waals surface area contributed by atoms with E-state index >= 15 is 0 Å². The molecule has 0 bridgehead atoms. The molecule has 4 heteroatoms. The normalized spacial score (nSPS) is 22.3. The van der Waals surface area contributed by atoms with Gasteiger partial charge < -0.3 is 10.0 Å². The largest absolute Gasteiger partial charge is 0.393 e. The van der Waals surface area contributed by atoms with Gasteiger partial charge in [-0.05, 0) is 31.9 Å². The molecule has 1 aliphatic rings. The van der Waals surface area contributed by atoms with Crippen molar-refractivity contribution in [3.63, 3.8) is 0 Å². The van der Waals surface area contributed by atoms with E-state index in [1.165, 1.54) is 6.07 Å². The number of aliphatic hydroxyl groups is 1. The first kappa shape index (κ1) is 14.0. The van der Waals surface area contributed by atoms with Crippen LogP contribution in [0.3, 0.4) is 0 Å². The fraction of sp³-hybridized carbons (Fsp3) is 0.533. The van der Waals surface area contributed by atoms with Crippen LogP contribution in [0.1, 0.15) is 31.7 Å². The molecule has 1 amide bonds. The van der Waals surface area contributed by atoms with Gasteiger partial charge in [0, 0.05) is 19.0 Å². The summed E-state index contributed by atoms with van der Waals surface area (Å²) in [6, 6.07) is 6.39. The number of hydrogen-bond acceptors (Lipinski definition) is 2. The standard InChI is InChI=1S/C15H20FNO2/c1-10(13-5-3-4-6-14(13)16)15(19)17-8-7-12(9-17)11(2)18/h3-6,10-12,18H,7-9H2,1-2H3. The van der Waals surface area contributed by atoms with E-state index in [0.717, 1.165) is 6.42 Å². The highest BCUT2D eigenvalue weighted by atomic mass is 19.1. The number of amides is 1. The van der Waals surface area contributed by atoms with Crippen LogP contribution >= 0.6 is 0 Å². The molecule has 1 aliphatic heterocycles. The zero-order chi connectivity index (χ0) is 14.0. The van der Waals surface area contributed by atoms with Crippen LogP contribution in [0.5, 0.6) is 0 Å². The molecule has 0 aliphatic carbocycles. The molecular weight excluding hydrogens is 245 g/mol. The number of hydrogen-bond donors (Lipinski definition) is 1. The summed E-state index contributed by atoms with van der Waals surface area (Å²) in [5.74, 6) is -0.742. The summed E-state index contributed by atoms with van der Waals surface area (Å²) in [6.07, 6.45) is 0.412. The van der Waals surface area contributed by atoms with Crippen molar-refractivity contribution in [2.45, 2.75) is 32.3 Å². The minimum Gasteiger partial charge on any atom is -0.393 e. The Labute approximate surface area is 113 Å². The highest BCUT2D eigenvalue weighted by Gasteiger charge is 2.32. The number of likely N-dealkylation sites (tertiary alicyclic amines) is 1. The van der Waals surface area contributed by atoms with E-state index in [9.17, 15) is 14.3 Å². The van der Waals surface area contributed by atoms with Gasteiger partial charge in [0.05, 0.1) is 12.0 Å². The molecule has 1 N–H and O–H groups in total. The van der Waals surface area contributed by atoms with Gasteiger partial charge in [0.2, 0.25) is 5.91 Å². The van der Waals surface area contributed by atoms with Gasteiger partial charge in [-0.3, -0.25) is 4.79 Å². The number of carbonyl (C=O) groups excluding carboxylic acids is 1. The van der Waals surface area contributed by atoms with Crippen molar-refractivity contribution in [3.05, 3.63) is 35.6 Å². The quantitative estimate of drug-likeness (QED) is 0.909. The smallest absolute Gasteiger partial charge is 0.229 e. The van der Waals surface area contributed by atoms with E-state index in [0.29, 0.717) is 18.7 Å². The Hall–Kier alpha value is -1.42. The first-order valence-electron chi connectivity index (χ1n) is 6.72. The van der Waals surface area contributed by atoms with Gasteiger partial charge in [-0.15, -0.1) is 0 Å². The second kappa shape index (κ2) is 5.70. The Morgan fingerprint density at radius 3 is 2.68 bits per heavy atom. The Bertz CT molecular complexity index is 461. The predicted octanol–water partition coefficient (Wildman–Crippen LogP) is 2.16. The summed E-state index contributed by atoms with van der Waals surface area (Å²) >= 11 is 0. The summed E-state index contributed by atoms with van der Waals surface area (Å²) < 4.78 is 13.7. The molecule has 3 unspecified atom stereocenters. The Kier molecular flexibility index (Phi) is 4.20. The molecule has 1 fully saturated rings. The van der Waals surface area contributed by atoms with Crippen molar-refractivity contribution in [3.8, 4) is 0 Å². The molecule has 0 spiro atoms. The second-order valence-corrected chi connectivity index (χ2v) is 5.32. The van der Waals surface area contributed by atoms with Crippen LogP contribution in [0.15, 0.2) is 24.3 Å². The maximum absolute atomic E-state index is 13.7. The van der Waals surface area contributed by atoms with Crippen molar-refractivity contribution >= 4 is 5.91 Å². The van der Waals surface area contributed by atoms with Crippen molar-refractivity contribution < 1.29 is 14.3 Å². The van der Waals surface area contributed by atoms with Crippen molar-refractivity contribution in [2.75, 3.05) is 13.1 Å². The van der Waals surface area contributed by atoms with Crippen LogP contribution in [0.4, 0.5) is 4.39 Å². The third kappa shape index (κ3) is 2.95. The first-order chi connectivity index (χ1) is 9.00. The minimum absolute atomic E-state index is 0.0618. The van der Waals surface area contributed by atoms with E-state index in [1.54, 1.807) is 36.9 Å². The summed E-state index contributed by atoms with van der Waals surface area (Å²) in [5, 5.41) is 9.55. The molecular formula is C15H20FNO2. The van der Waals surface area contributed by atoms with Gasteiger partial charge in [-0.25, -0.2) is 4.39 Å². The minimum atomic E-state index is -0.478. The number of aliphatic hydroxyl groups excluding tert-OH is 1. The lowest BCUT2D eigenvalue weighted by molar-refractivity contribution is -0.131. The maximum Gasteiger partial charge on any atom is 0.229 e. The third-order valence-electron chi connectivity index (χ3n) is 3.96. The van der Waals surface area contributed by atoms with E-state index in [4.69, 9.17) is 0 Å². The van der Waals surface area contributed by atoms with Crippen molar-refractivity contribution in [2.24, 2.45) is 5.92 Å². The highest BCUT2D eigenvalue weighted by Crippen LogP contribution is 2.26. The number of rotatable bonds is 3. The molecule has 0 saturated carbocycles. The van der Waals surface area contributed by atoms with Crippen LogP contribution < -0.4 is 0 Å². The zero-order valence-corrected chi connectivity index (χ0v) is 11.3. The lowest BCUT2D eigenvalue weighted by Gasteiger charge is -2.22. The van der Waals surface area contributed by atoms with Crippen LogP contribution in [0.25, 0.3) is 0 Å². The van der Waals surface area contributed by atoms with Gasteiger partial charge in [-0.1, -0.05) is 18.2 Å². The molecule has 1 aromatic carbocycles. The molecule has 3 nitrogen and oxygen atoms in total.